The van der Waals surface area contributed by atoms with Crippen LogP contribution in [0.25, 0.3) is 0 Å². The number of piperidine rings is 1. The van der Waals surface area contributed by atoms with Gasteiger partial charge in [-0.05, 0) is 12.8 Å². The summed E-state index contributed by atoms with van der Waals surface area (Å²) in [4.78, 5) is 6.91. The largest absolute Gasteiger partial charge is 0.392 e. The van der Waals surface area contributed by atoms with Gasteiger partial charge in [-0.15, -0.1) is 0 Å². The van der Waals surface area contributed by atoms with Crippen LogP contribution in [0.2, 0.25) is 0 Å². The second-order valence-electron chi connectivity index (χ2n) is 4.95. The smallest absolute Gasteiger partial charge is 0.260 e. The van der Waals surface area contributed by atoms with Crippen LogP contribution in [0.3, 0.4) is 0 Å². The Labute approximate surface area is 107 Å². The zero-order valence-corrected chi connectivity index (χ0v) is 11.4. The molecule has 0 aromatic carbocycles. The van der Waals surface area contributed by atoms with E-state index in [4.69, 9.17) is 0 Å². The molecule has 0 spiro atoms. The molecule has 0 radical (unpaired) electrons. The number of sulfonamides is 1. The summed E-state index contributed by atoms with van der Waals surface area (Å²) in [5.41, 5.74) is 0. The first kappa shape index (κ1) is 13.5. The van der Waals surface area contributed by atoms with Gasteiger partial charge in [0.15, 0.2) is 5.03 Å². The zero-order valence-electron chi connectivity index (χ0n) is 10.6. The maximum atomic E-state index is 12.3. The Morgan fingerprint density at radius 3 is 2.83 bits per heavy atom. The Balaban J connectivity index is 2.24. The molecule has 2 heterocycles. The number of hydrogen-bond donors (Lipinski definition) is 2. The van der Waals surface area contributed by atoms with Crippen LogP contribution >= 0.6 is 0 Å². The van der Waals surface area contributed by atoms with Crippen LogP contribution < -0.4 is 0 Å². The molecule has 1 unspecified atom stereocenters. The number of nitrogens with zero attached hydrogens (tertiary/aromatic N) is 2. The second kappa shape index (κ2) is 4.99. The highest BCUT2D eigenvalue weighted by atomic mass is 32.2. The minimum Gasteiger partial charge on any atom is -0.392 e. The maximum absolute atomic E-state index is 12.3. The summed E-state index contributed by atoms with van der Waals surface area (Å²) >= 11 is 0. The van der Waals surface area contributed by atoms with Crippen LogP contribution in [-0.4, -0.2) is 47.0 Å². The molecule has 1 aromatic rings. The Bertz CT molecular complexity index is 509. The molecule has 0 bridgehead atoms. The molecular weight excluding hydrogens is 254 g/mol. The van der Waals surface area contributed by atoms with Crippen molar-refractivity contribution in [2.75, 3.05) is 13.1 Å². The van der Waals surface area contributed by atoms with Crippen LogP contribution in [0.5, 0.6) is 0 Å². The van der Waals surface area contributed by atoms with Crippen molar-refractivity contribution in [1.29, 1.82) is 0 Å². The summed E-state index contributed by atoms with van der Waals surface area (Å²) in [5.74, 6) is 0.812. The molecule has 1 aliphatic heterocycles. The number of hydrogen-bond acceptors (Lipinski definition) is 4. The van der Waals surface area contributed by atoms with Crippen molar-refractivity contribution in [2.45, 2.75) is 43.7 Å². The average molecular weight is 273 g/mol. The first-order valence-electron chi connectivity index (χ1n) is 6.14. The summed E-state index contributed by atoms with van der Waals surface area (Å²) in [6.45, 7) is 4.51. The summed E-state index contributed by atoms with van der Waals surface area (Å²) in [7, 11) is -3.55. The van der Waals surface area contributed by atoms with E-state index >= 15 is 0 Å². The molecular formula is C11H19N3O3S. The van der Waals surface area contributed by atoms with Gasteiger partial charge < -0.3 is 10.1 Å². The summed E-state index contributed by atoms with van der Waals surface area (Å²) in [5, 5.41) is 9.66. The molecule has 6 nitrogen and oxygen atoms in total. The lowest BCUT2D eigenvalue weighted by Crippen LogP contribution is -2.42. The van der Waals surface area contributed by atoms with Crippen molar-refractivity contribution in [1.82, 2.24) is 14.3 Å². The number of aromatic nitrogens is 2. The number of H-pyrrole nitrogens is 1. The van der Waals surface area contributed by atoms with Gasteiger partial charge in [0.25, 0.3) is 10.0 Å². The highest BCUT2D eigenvalue weighted by molar-refractivity contribution is 7.89. The number of aliphatic hydroxyl groups is 1. The molecule has 2 N–H and O–H groups in total. The van der Waals surface area contributed by atoms with Crippen molar-refractivity contribution in [2.24, 2.45) is 0 Å². The summed E-state index contributed by atoms with van der Waals surface area (Å²) < 4.78 is 25.9. The van der Waals surface area contributed by atoms with Crippen LogP contribution in [0, 0.1) is 0 Å². The monoisotopic (exact) mass is 273 g/mol. The number of β-amino-alcohol motifs (C(OH)–C–C–N with tert-alkyl or cyclic N) is 1. The van der Waals surface area contributed by atoms with Gasteiger partial charge in [0, 0.05) is 19.0 Å². The molecule has 1 saturated heterocycles. The normalized spacial score (nSPS) is 22.6. The van der Waals surface area contributed by atoms with Crippen molar-refractivity contribution < 1.29 is 13.5 Å². The average Bonchev–Trinajstić information content (AvgIpc) is 2.79. The van der Waals surface area contributed by atoms with Crippen LogP contribution in [0.1, 0.15) is 38.4 Å². The minimum absolute atomic E-state index is 0.111. The van der Waals surface area contributed by atoms with E-state index in [1.807, 2.05) is 13.8 Å². The lowest BCUT2D eigenvalue weighted by molar-refractivity contribution is 0.108. The topological polar surface area (TPSA) is 86.3 Å². The van der Waals surface area contributed by atoms with E-state index in [0.29, 0.717) is 25.2 Å². The Morgan fingerprint density at radius 2 is 2.28 bits per heavy atom. The first-order valence-corrected chi connectivity index (χ1v) is 7.58. The number of imidazole rings is 1. The Morgan fingerprint density at radius 1 is 1.56 bits per heavy atom. The van der Waals surface area contributed by atoms with Gasteiger partial charge >= 0.3 is 0 Å². The van der Waals surface area contributed by atoms with Crippen molar-refractivity contribution in [3.8, 4) is 0 Å². The Kier molecular flexibility index (Phi) is 3.74. The fourth-order valence-corrected chi connectivity index (χ4v) is 3.46. The molecule has 0 saturated carbocycles. The van der Waals surface area contributed by atoms with Gasteiger partial charge in [-0.3, -0.25) is 0 Å². The second-order valence-corrected chi connectivity index (χ2v) is 6.85. The maximum Gasteiger partial charge on any atom is 0.260 e. The third-order valence-electron chi connectivity index (χ3n) is 3.10. The van der Waals surface area contributed by atoms with Gasteiger partial charge in [0.2, 0.25) is 0 Å². The fourth-order valence-electron chi connectivity index (χ4n) is 2.02. The van der Waals surface area contributed by atoms with E-state index in [-0.39, 0.29) is 17.5 Å². The van der Waals surface area contributed by atoms with Gasteiger partial charge in [-0.2, -0.15) is 4.31 Å². The quantitative estimate of drug-likeness (QED) is 0.848. The molecule has 0 amide bonds. The van der Waals surface area contributed by atoms with Crippen molar-refractivity contribution in [3.05, 3.63) is 12.0 Å². The fraction of sp³-hybridized carbons (Fsp3) is 0.727. The van der Waals surface area contributed by atoms with Gasteiger partial charge in [0.05, 0.1) is 12.3 Å². The molecule has 1 atom stereocenters. The first-order chi connectivity index (χ1) is 8.41. The van der Waals surface area contributed by atoms with Crippen molar-refractivity contribution in [3.63, 3.8) is 0 Å². The standard InChI is InChI=1S/C11H19N3O3S/c1-8(2)11-12-6-10(13-11)18(16,17)14-5-3-4-9(15)7-14/h6,8-9,15H,3-5,7H2,1-2H3,(H,12,13). The molecule has 102 valence electrons. The van der Waals surface area contributed by atoms with E-state index in [2.05, 4.69) is 9.97 Å². The predicted molar refractivity (Wildman–Crippen MR) is 66.7 cm³/mol. The highest BCUT2D eigenvalue weighted by Gasteiger charge is 2.30. The summed E-state index contributed by atoms with van der Waals surface area (Å²) in [6.07, 6.45) is 2.13. The number of aliphatic hydroxyl groups excluding tert-OH is 1. The van der Waals surface area contributed by atoms with E-state index in [9.17, 15) is 13.5 Å². The van der Waals surface area contributed by atoms with Crippen LogP contribution in [-0.2, 0) is 10.0 Å². The van der Waals surface area contributed by atoms with Gasteiger partial charge in [0.1, 0.15) is 5.82 Å². The molecule has 18 heavy (non-hydrogen) atoms. The number of nitrogens with one attached hydrogen (secondary N) is 1. The van der Waals surface area contributed by atoms with E-state index in [1.165, 1.54) is 10.5 Å². The summed E-state index contributed by atoms with van der Waals surface area (Å²) in [6, 6.07) is 0. The van der Waals surface area contributed by atoms with E-state index in [0.717, 1.165) is 0 Å². The van der Waals surface area contributed by atoms with E-state index in [1.54, 1.807) is 0 Å². The molecule has 1 fully saturated rings. The minimum atomic E-state index is -3.55. The molecule has 1 aliphatic rings. The lowest BCUT2D eigenvalue weighted by atomic mass is 10.1. The lowest BCUT2D eigenvalue weighted by Gasteiger charge is -2.28. The SMILES string of the molecule is CC(C)c1ncc(S(=O)(=O)N2CCCC(O)C2)[nH]1. The van der Waals surface area contributed by atoms with Gasteiger partial charge in [-0.1, -0.05) is 13.8 Å². The van der Waals surface area contributed by atoms with Crippen LogP contribution in [0.4, 0.5) is 0 Å². The molecule has 2 rings (SSSR count). The number of rotatable bonds is 3. The van der Waals surface area contributed by atoms with E-state index < -0.39 is 16.1 Å². The highest BCUT2D eigenvalue weighted by Crippen LogP contribution is 2.20. The Hall–Kier alpha value is -0.920. The molecule has 7 heteroatoms. The third kappa shape index (κ3) is 2.57. The number of aromatic amines is 1. The molecule has 0 aliphatic carbocycles. The third-order valence-corrected chi connectivity index (χ3v) is 4.87. The van der Waals surface area contributed by atoms with Gasteiger partial charge in [-0.25, -0.2) is 13.4 Å². The predicted octanol–water partition coefficient (Wildman–Crippen LogP) is 0.679. The molecule has 1 aromatic heterocycles. The zero-order chi connectivity index (χ0) is 13.3. The van der Waals surface area contributed by atoms with Crippen LogP contribution in [0.15, 0.2) is 11.2 Å². The van der Waals surface area contributed by atoms with Crippen molar-refractivity contribution >= 4 is 10.0 Å².